The van der Waals surface area contributed by atoms with Crippen LogP contribution in [0.4, 0.5) is 5.95 Å². The minimum Gasteiger partial charge on any atom is -0.460 e. The maximum absolute atomic E-state index is 12.6. The van der Waals surface area contributed by atoms with Crippen molar-refractivity contribution in [2.75, 3.05) is 5.48 Å². The van der Waals surface area contributed by atoms with E-state index in [-0.39, 0.29) is 30.2 Å². The zero-order valence-electron chi connectivity index (χ0n) is 20.3. The molecule has 0 spiro atoms. The summed E-state index contributed by atoms with van der Waals surface area (Å²) in [5.41, 5.74) is -0.521. The van der Waals surface area contributed by atoms with Crippen molar-refractivity contribution in [1.29, 1.82) is 0 Å². The van der Waals surface area contributed by atoms with Crippen LogP contribution in [0.5, 0.6) is 12.0 Å². The third-order valence-corrected chi connectivity index (χ3v) is 6.35. The molecule has 3 rings (SSSR count). The van der Waals surface area contributed by atoms with Gasteiger partial charge in [-0.1, -0.05) is 0 Å². The molecule has 0 atom stereocenters. The summed E-state index contributed by atoms with van der Waals surface area (Å²) in [6, 6.07) is 0.00422. The maximum atomic E-state index is 12.6. The SMILES string of the molecule is CC1(C)CC(Oc2nc(NO)nc(OC3CC(C)(C)N([O])C(C)(C)C3)n2)CC(C)(C)N1[O]. The molecule has 2 fully saturated rings. The van der Waals surface area contributed by atoms with E-state index < -0.39 is 22.2 Å². The first-order valence-corrected chi connectivity index (χ1v) is 11.0. The van der Waals surface area contributed by atoms with Gasteiger partial charge in [0.2, 0.25) is 0 Å². The van der Waals surface area contributed by atoms with E-state index in [1.807, 2.05) is 60.9 Å². The van der Waals surface area contributed by atoms with Crippen molar-refractivity contribution in [2.45, 2.75) is 115 Å². The molecule has 2 radical (unpaired) electrons. The van der Waals surface area contributed by atoms with Crippen LogP contribution < -0.4 is 15.0 Å². The number of nitrogens with zero attached hydrogens (tertiary/aromatic N) is 5. The first-order valence-electron chi connectivity index (χ1n) is 11.0. The third kappa shape index (κ3) is 5.07. The van der Waals surface area contributed by atoms with Crippen LogP contribution in [-0.2, 0) is 10.4 Å². The minimum atomic E-state index is -0.611. The van der Waals surface area contributed by atoms with Crippen LogP contribution in [-0.4, -0.2) is 64.6 Å². The smallest absolute Gasteiger partial charge is 0.324 e. The van der Waals surface area contributed by atoms with Crippen LogP contribution in [0.15, 0.2) is 0 Å². The molecule has 2 aliphatic rings. The molecule has 2 aliphatic heterocycles. The van der Waals surface area contributed by atoms with E-state index in [1.165, 1.54) is 0 Å². The Hall–Kier alpha value is -1.79. The Morgan fingerprint density at radius 3 is 1.31 bits per heavy atom. The zero-order chi connectivity index (χ0) is 24.1. The van der Waals surface area contributed by atoms with Crippen LogP contribution in [0, 0.1) is 0 Å². The van der Waals surface area contributed by atoms with E-state index in [9.17, 15) is 15.6 Å². The fraction of sp³-hybridized carbons (Fsp3) is 0.857. The summed E-state index contributed by atoms with van der Waals surface area (Å²) < 4.78 is 12.1. The van der Waals surface area contributed by atoms with E-state index in [2.05, 4.69) is 15.0 Å². The number of ether oxygens (including phenoxy) is 2. The number of anilines is 1. The summed E-state index contributed by atoms with van der Waals surface area (Å²) in [6.07, 6.45) is 1.38. The van der Waals surface area contributed by atoms with E-state index in [0.717, 1.165) is 10.1 Å². The zero-order valence-corrected chi connectivity index (χ0v) is 20.3. The standard InChI is InChI=1S/C21H36N6O5/c1-18(2)9-13(10-19(3,4)26(18)29)31-16-22-15(25-28)23-17(24-16)32-14-11-20(5,6)27(30)21(7,8)12-14/h13-14,28H,9-12H2,1-8H3,(H,22,23,24,25). The molecule has 0 aromatic carbocycles. The molecule has 0 aliphatic carbocycles. The Labute approximate surface area is 189 Å². The second-order valence-electron chi connectivity index (χ2n) is 11.5. The Balaban J connectivity index is 1.79. The number of rotatable bonds is 5. The van der Waals surface area contributed by atoms with Gasteiger partial charge in [-0.3, -0.25) is 5.21 Å². The van der Waals surface area contributed by atoms with Crippen LogP contribution in [0.25, 0.3) is 0 Å². The summed E-state index contributed by atoms with van der Waals surface area (Å²) in [5, 5.41) is 36.8. The third-order valence-electron chi connectivity index (χ3n) is 6.35. The molecule has 1 aromatic rings. The molecule has 0 unspecified atom stereocenters. The first-order chi connectivity index (χ1) is 14.6. The number of nitrogens with one attached hydrogen (secondary N) is 1. The second-order valence-corrected chi connectivity index (χ2v) is 11.5. The van der Waals surface area contributed by atoms with Gasteiger partial charge in [-0.15, -0.1) is 25.5 Å². The van der Waals surface area contributed by atoms with E-state index >= 15 is 0 Å². The van der Waals surface area contributed by atoms with E-state index in [4.69, 9.17) is 9.47 Å². The first kappa shape index (κ1) is 24.8. The fourth-order valence-electron chi connectivity index (χ4n) is 5.30. The van der Waals surface area contributed by atoms with Gasteiger partial charge in [-0.25, -0.2) is 5.48 Å². The van der Waals surface area contributed by atoms with Crippen LogP contribution in [0.1, 0.15) is 81.1 Å². The Kier molecular flexibility index (Phi) is 6.37. The summed E-state index contributed by atoms with van der Waals surface area (Å²) in [4.78, 5) is 12.5. The Bertz CT molecular complexity index is 733. The van der Waals surface area contributed by atoms with Crippen molar-refractivity contribution in [1.82, 2.24) is 25.1 Å². The van der Waals surface area contributed by atoms with Gasteiger partial charge in [0.05, 0.1) is 0 Å². The van der Waals surface area contributed by atoms with Gasteiger partial charge >= 0.3 is 12.0 Å². The van der Waals surface area contributed by atoms with Crippen molar-refractivity contribution in [3.05, 3.63) is 0 Å². The number of hydroxylamine groups is 4. The predicted molar refractivity (Wildman–Crippen MR) is 114 cm³/mol. The lowest BCUT2D eigenvalue weighted by molar-refractivity contribution is -0.297. The number of aromatic nitrogens is 3. The Morgan fingerprint density at radius 1 is 0.719 bits per heavy atom. The molecular weight excluding hydrogens is 416 g/mol. The predicted octanol–water partition coefficient (Wildman–Crippen LogP) is 3.16. The summed E-state index contributed by atoms with van der Waals surface area (Å²) in [7, 11) is 0. The molecule has 1 aromatic heterocycles. The largest absolute Gasteiger partial charge is 0.460 e. The van der Waals surface area contributed by atoms with Crippen molar-refractivity contribution >= 4 is 5.95 Å². The maximum Gasteiger partial charge on any atom is 0.324 e. The molecule has 32 heavy (non-hydrogen) atoms. The highest BCUT2D eigenvalue weighted by atomic mass is 16.5. The average Bonchev–Trinajstić information content (AvgIpc) is 2.63. The number of hydrogen-bond acceptors (Lipinski definition) is 9. The lowest BCUT2D eigenvalue weighted by Gasteiger charge is -2.49. The van der Waals surface area contributed by atoms with Crippen LogP contribution in [0.3, 0.4) is 0 Å². The molecule has 0 bridgehead atoms. The quantitative estimate of drug-likeness (QED) is 0.646. The topological polar surface area (TPSA) is 136 Å². The van der Waals surface area contributed by atoms with Crippen molar-refractivity contribution in [3.8, 4) is 12.0 Å². The summed E-state index contributed by atoms with van der Waals surface area (Å²) in [5.74, 6) is -0.107. The molecule has 2 saturated heterocycles. The van der Waals surface area contributed by atoms with Gasteiger partial charge in [-0.05, 0) is 55.4 Å². The van der Waals surface area contributed by atoms with Crippen molar-refractivity contribution in [3.63, 3.8) is 0 Å². The lowest BCUT2D eigenvalue weighted by atomic mass is 9.80. The van der Waals surface area contributed by atoms with Gasteiger partial charge in [-0.2, -0.15) is 9.97 Å². The number of hydrogen-bond donors (Lipinski definition) is 2. The van der Waals surface area contributed by atoms with Crippen molar-refractivity contribution in [2.24, 2.45) is 0 Å². The number of piperidine rings is 2. The molecule has 11 heteroatoms. The minimum absolute atomic E-state index is 0.00211. The van der Waals surface area contributed by atoms with Crippen LogP contribution >= 0.6 is 0 Å². The van der Waals surface area contributed by atoms with Gasteiger partial charge in [0, 0.05) is 47.8 Å². The lowest BCUT2D eigenvalue weighted by Crippen LogP contribution is -2.60. The molecule has 0 saturated carbocycles. The highest BCUT2D eigenvalue weighted by Crippen LogP contribution is 2.40. The second kappa shape index (κ2) is 8.21. The van der Waals surface area contributed by atoms with Gasteiger partial charge < -0.3 is 9.47 Å². The summed E-state index contributed by atoms with van der Waals surface area (Å²) in [6.45, 7) is 15.0. The summed E-state index contributed by atoms with van der Waals surface area (Å²) >= 11 is 0. The van der Waals surface area contributed by atoms with Gasteiger partial charge in [0.15, 0.2) is 0 Å². The molecule has 2 N–H and O–H groups in total. The molecule has 180 valence electrons. The van der Waals surface area contributed by atoms with Crippen LogP contribution in [0.2, 0.25) is 0 Å². The molecule has 0 amide bonds. The molecular formula is C21H36N6O5. The molecule has 11 nitrogen and oxygen atoms in total. The highest BCUT2D eigenvalue weighted by Gasteiger charge is 2.48. The molecule has 3 heterocycles. The van der Waals surface area contributed by atoms with Crippen molar-refractivity contribution < 1.29 is 25.1 Å². The average molecular weight is 453 g/mol. The Morgan fingerprint density at radius 2 is 1.03 bits per heavy atom. The van der Waals surface area contributed by atoms with E-state index in [0.29, 0.717) is 25.7 Å². The van der Waals surface area contributed by atoms with E-state index in [1.54, 1.807) is 0 Å². The highest BCUT2D eigenvalue weighted by molar-refractivity contribution is 5.24. The van der Waals surface area contributed by atoms with Gasteiger partial charge in [0.25, 0.3) is 5.95 Å². The monoisotopic (exact) mass is 452 g/mol. The van der Waals surface area contributed by atoms with Gasteiger partial charge in [0.1, 0.15) is 12.2 Å². The normalized spacial score (nSPS) is 26.0. The fourth-order valence-corrected chi connectivity index (χ4v) is 5.30.